The van der Waals surface area contributed by atoms with Gasteiger partial charge in [-0.2, -0.15) is 5.26 Å². The van der Waals surface area contributed by atoms with Gasteiger partial charge in [0.1, 0.15) is 17.3 Å². The van der Waals surface area contributed by atoms with E-state index in [4.69, 9.17) is 15.4 Å². The van der Waals surface area contributed by atoms with Crippen LogP contribution >= 0.6 is 0 Å². The summed E-state index contributed by atoms with van der Waals surface area (Å²) in [5.41, 5.74) is 6.22. The number of benzene rings is 5. The fourth-order valence-electron chi connectivity index (χ4n) is 6.56. The second-order valence-electron chi connectivity index (χ2n) is 14.0. The standard InChI is InChI=1S/C33H22N3O.C15H16N.Ir/c1-20(2)22-16-17-25(27-11-7-8-18-35-27)32-30(22)26-15-14-21(19-34)31(33(26)37-32)36-28-12-5-3-9-23(28)24-10-4-6-13-29(24)36;1-15(2,3)13-9-10-14(16-11-13)12-7-5-4-6-8-12;/h3-16,18,20H,1-2H3;4-7,9-11H,1-3H3;/q2*-1;/i3D,4D,5D,6D,9D,10D,12D,13D;;. The van der Waals surface area contributed by atoms with E-state index in [1.165, 1.54) is 10.1 Å². The smallest absolute Gasteiger partial charge is 0.146 e. The summed E-state index contributed by atoms with van der Waals surface area (Å²) in [6.45, 7) is 10.6. The molecule has 0 unspecified atom stereocenters. The topological polar surface area (TPSA) is 67.6 Å². The van der Waals surface area contributed by atoms with Crippen molar-refractivity contribution in [2.45, 2.75) is 46.0 Å². The molecule has 0 amide bonds. The second-order valence-corrected chi connectivity index (χ2v) is 14.0. The molecule has 4 heterocycles. The summed E-state index contributed by atoms with van der Waals surface area (Å²) >= 11 is 0. The summed E-state index contributed by atoms with van der Waals surface area (Å²) in [5, 5.41) is 11.6. The van der Waals surface area contributed by atoms with Gasteiger partial charge < -0.3 is 19.0 Å². The zero-order chi connectivity index (χ0) is 43.7. The van der Waals surface area contributed by atoms with Gasteiger partial charge in [0, 0.05) is 48.7 Å². The molecule has 1 radical (unpaired) electrons. The Labute approximate surface area is 340 Å². The average molecular weight is 887 g/mol. The van der Waals surface area contributed by atoms with Crippen molar-refractivity contribution in [3.8, 4) is 34.3 Å². The zero-order valence-electron chi connectivity index (χ0n) is 38.2. The minimum absolute atomic E-state index is 0. The number of para-hydroxylation sites is 2. The molecule has 54 heavy (non-hydrogen) atoms. The van der Waals surface area contributed by atoms with E-state index in [-0.39, 0.29) is 70.1 Å². The monoisotopic (exact) mass is 887 g/mol. The maximum Gasteiger partial charge on any atom is 0.146 e. The predicted molar refractivity (Wildman–Crippen MR) is 216 cm³/mol. The van der Waals surface area contributed by atoms with Gasteiger partial charge >= 0.3 is 0 Å². The number of nitrogens with zero attached hydrogens (tertiary/aromatic N) is 4. The molecule has 6 heteroatoms. The fourth-order valence-corrected chi connectivity index (χ4v) is 6.56. The number of rotatable bonds is 4. The molecule has 0 spiro atoms. The van der Waals surface area contributed by atoms with Gasteiger partial charge in [-0.25, -0.2) is 0 Å². The average Bonchev–Trinajstić information content (AvgIpc) is 3.83. The van der Waals surface area contributed by atoms with E-state index in [0.29, 0.717) is 22.2 Å². The van der Waals surface area contributed by atoms with Gasteiger partial charge in [0.15, 0.2) is 0 Å². The number of hydrogen-bond acceptors (Lipinski definition) is 4. The van der Waals surface area contributed by atoms with Gasteiger partial charge in [-0.3, -0.25) is 0 Å². The third kappa shape index (κ3) is 6.51. The Morgan fingerprint density at radius 1 is 0.796 bits per heavy atom. The number of furan rings is 1. The molecule has 4 aromatic heterocycles. The molecule has 0 fully saturated rings. The molecular formula is C48H38IrN4O-2. The number of hydrogen-bond donors (Lipinski definition) is 0. The van der Waals surface area contributed by atoms with Crippen molar-refractivity contribution in [3.63, 3.8) is 0 Å². The van der Waals surface area contributed by atoms with Crippen LogP contribution in [0.4, 0.5) is 0 Å². The first-order valence-electron chi connectivity index (χ1n) is 21.3. The van der Waals surface area contributed by atoms with E-state index < -0.39 is 48.3 Å². The van der Waals surface area contributed by atoms with E-state index in [1.807, 2.05) is 62.5 Å². The van der Waals surface area contributed by atoms with Crippen LogP contribution in [0.3, 0.4) is 0 Å². The molecule has 5 aromatic carbocycles. The molecule has 0 N–H and O–H groups in total. The summed E-state index contributed by atoms with van der Waals surface area (Å²) < 4.78 is 77.0. The molecule has 0 aliphatic heterocycles. The van der Waals surface area contributed by atoms with E-state index in [1.54, 1.807) is 24.4 Å². The molecule has 0 saturated carbocycles. The van der Waals surface area contributed by atoms with E-state index in [2.05, 4.69) is 61.1 Å². The normalized spacial score (nSPS) is 13.5. The van der Waals surface area contributed by atoms with Crippen molar-refractivity contribution < 1.29 is 35.5 Å². The minimum Gasteiger partial charge on any atom is -0.498 e. The van der Waals surface area contributed by atoms with Crippen LogP contribution < -0.4 is 0 Å². The summed E-state index contributed by atoms with van der Waals surface area (Å²) in [7, 11) is 0. The fraction of sp³-hybridized carbons (Fsp3) is 0.146. The van der Waals surface area contributed by atoms with Gasteiger partial charge in [0.05, 0.1) is 33.1 Å². The minimum atomic E-state index is -0.545. The van der Waals surface area contributed by atoms with Crippen molar-refractivity contribution in [3.05, 3.63) is 162 Å². The van der Waals surface area contributed by atoms with Gasteiger partial charge in [-0.1, -0.05) is 118 Å². The van der Waals surface area contributed by atoms with Crippen LogP contribution in [0.25, 0.3) is 71.9 Å². The predicted octanol–water partition coefficient (Wildman–Crippen LogP) is 12.4. The van der Waals surface area contributed by atoms with Crippen LogP contribution in [-0.2, 0) is 25.5 Å². The van der Waals surface area contributed by atoms with Crippen LogP contribution in [0.5, 0.6) is 0 Å². The number of pyridine rings is 2. The number of nitriles is 1. The third-order valence-corrected chi connectivity index (χ3v) is 9.25. The largest absolute Gasteiger partial charge is 0.498 e. The molecule has 267 valence electrons. The van der Waals surface area contributed by atoms with Crippen LogP contribution in [-0.4, -0.2) is 14.5 Å². The molecule has 0 aliphatic rings. The van der Waals surface area contributed by atoms with Crippen LogP contribution in [0, 0.1) is 23.5 Å². The SMILES string of the molecule is CC(C)(C)c1ccc(-c2[c-]cccc2)nc1.[2H]c1c([2H])c([2H])c2c(c1[2H])c1c([2H])c([2H])c([2H])c([2H])c1n2-c1c(C#N)ccc2c1oc1c(-c3ccccn3)[c-]cc(C(C)C)c12.[Ir]. The Bertz CT molecular complexity index is 3170. The maximum atomic E-state index is 10.4. The molecule has 0 aliphatic carbocycles. The van der Waals surface area contributed by atoms with E-state index >= 15 is 0 Å². The van der Waals surface area contributed by atoms with Crippen molar-refractivity contribution >= 4 is 43.7 Å². The van der Waals surface area contributed by atoms with Crippen molar-refractivity contribution in [2.75, 3.05) is 0 Å². The summed E-state index contributed by atoms with van der Waals surface area (Å²) in [4.78, 5) is 8.98. The first-order valence-corrected chi connectivity index (χ1v) is 17.3. The summed E-state index contributed by atoms with van der Waals surface area (Å²) in [6, 6.07) is 27.5. The van der Waals surface area contributed by atoms with Crippen molar-refractivity contribution in [1.29, 1.82) is 5.26 Å². The number of aromatic nitrogens is 3. The van der Waals surface area contributed by atoms with Gasteiger partial charge in [0.2, 0.25) is 0 Å². The van der Waals surface area contributed by atoms with Crippen LogP contribution in [0.15, 0.2) is 138 Å². The quantitative estimate of drug-likeness (QED) is 0.165. The van der Waals surface area contributed by atoms with Crippen LogP contribution in [0.1, 0.15) is 68.2 Å². The molecule has 9 aromatic rings. The third-order valence-electron chi connectivity index (χ3n) is 9.25. The van der Waals surface area contributed by atoms with E-state index in [9.17, 15) is 5.26 Å². The zero-order valence-corrected chi connectivity index (χ0v) is 32.6. The molecule has 9 rings (SSSR count). The first-order chi connectivity index (χ1) is 29.1. The Balaban J connectivity index is 0.000000286. The molecular weight excluding hydrogens is 841 g/mol. The maximum absolute atomic E-state index is 10.4. The van der Waals surface area contributed by atoms with Gasteiger partial charge in [0.25, 0.3) is 0 Å². The Morgan fingerprint density at radius 2 is 1.52 bits per heavy atom. The van der Waals surface area contributed by atoms with Gasteiger partial charge in [-0.15, -0.1) is 53.6 Å². The Morgan fingerprint density at radius 3 is 2.11 bits per heavy atom. The first kappa shape index (κ1) is 27.7. The molecule has 0 atom stereocenters. The summed E-state index contributed by atoms with van der Waals surface area (Å²) in [5.74, 6) is 0.0498. The van der Waals surface area contributed by atoms with Gasteiger partial charge in [-0.05, 0) is 46.6 Å². The Kier molecular flexibility index (Phi) is 7.63. The Hall–Kier alpha value is -5.86. The van der Waals surface area contributed by atoms with Crippen LogP contribution in [0.2, 0.25) is 0 Å². The van der Waals surface area contributed by atoms with Crippen molar-refractivity contribution in [2.24, 2.45) is 0 Å². The number of fused-ring (bicyclic) bond motifs is 6. The second kappa shape index (κ2) is 14.9. The molecule has 0 bridgehead atoms. The van der Waals surface area contributed by atoms with E-state index in [0.717, 1.165) is 22.2 Å². The summed E-state index contributed by atoms with van der Waals surface area (Å²) in [6.07, 6.45) is 3.61. The van der Waals surface area contributed by atoms with Crippen molar-refractivity contribution in [1.82, 2.24) is 14.5 Å². The molecule has 5 nitrogen and oxygen atoms in total. The molecule has 0 saturated heterocycles.